The predicted molar refractivity (Wildman–Crippen MR) is 82.5 cm³/mol. The minimum absolute atomic E-state index is 0.103. The van der Waals surface area contributed by atoms with Gasteiger partial charge in [0.2, 0.25) is 0 Å². The standard InChI is InChI=1S/C12H11BrIN3O/c1-2-3-8-10(14)12(18)17-11(16-8)9-5-4-7(13)6-15-9/h4-6H,2-3H2,1H3,(H,16,17,18). The van der Waals surface area contributed by atoms with E-state index < -0.39 is 0 Å². The van der Waals surface area contributed by atoms with Gasteiger partial charge in [-0.2, -0.15) is 0 Å². The molecule has 0 aliphatic rings. The van der Waals surface area contributed by atoms with Crippen molar-refractivity contribution in [2.24, 2.45) is 0 Å². The molecule has 2 rings (SSSR count). The van der Waals surface area contributed by atoms with E-state index in [-0.39, 0.29) is 5.56 Å². The predicted octanol–water partition coefficient (Wildman–Crippen LogP) is 3.15. The Balaban J connectivity index is 2.51. The molecule has 0 saturated carbocycles. The van der Waals surface area contributed by atoms with Crippen LogP contribution in [0.3, 0.4) is 0 Å². The molecule has 0 aromatic carbocycles. The summed E-state index contributed by atoms with van der Waals surface area (Å²) in [6.45, 7) is 2.07. The zero-order valence-electron chi connectivity index (χ0n) is 9.70. The van der Waals surface area contributed by atoms with Crippen molar-refractivity contribution in [2.45, 2.75) is 19.8 Å². The van der Waals surface area contributed by atoms with Crippen molar-refractivity contribution < 1.29 is 0 Å². The first kappa shape index (κ1) is 13.7. The summed E-state index contributed by atoms with van der Waals surface area (Å²) in [5.41, 5.74) is 1.40. The number of H-pyrrole nitrogens is 1. The molecule has 0 atom stereocenters. The number of aromatic nitrogens is 3. The van der Waals surface area contributed by atoms with Crippen molar-refractivity contribution in [1.82, 2.24) is 15.0 Å². The molecule has 2 aromatic rings. The summed E-state index contributed by atoms with van der Waals surface area (Å²) < 4.78 is 1.56. The zero-order chi connectivity index (χ0) is 13.1. The lowest BCUT2D eigenvalue weighted by Gasteiger charge is -2.05. The maximum absolute atomic E-state index is 11.8. The number of hydrogen-bond acceptors (Lipinski definition) is 3. The Morgan fingerprint density at radius 2 is 2.22 bits per heavy atom. The van der Waals surface area contributed by atoms with E-state index in [4.69, 9.17) is 0 Å². The highest BCUT2D eigenvalue weighted by molar-refractivity contribution is 14.1. The van der Waals surface area contributed by atoms with E-state index in [0.29, 0.717) is 15.1 Å². The number of pyridine rings is 1. The SMILES string of the molecule is CCCc1nc(-c2ccc(Br)cn2)[nH]c(=O)c1I. The lowest BCUT2D eigenvalue weighted by atomic mass is 10.2. The van der Waals surface area contributed by atoms with Crippen LogP contribution < -0.4 is 5.56 Å². The lowest BCUT2D eigenvalue weighted by molar-refractivity contribution is 0.858. The lowest BCUT2D eigenvalue weighted by Crippen LogP contribution is -2.16. The van der Waals surface area contributed by atoms with Gasteiger partial charge in [0, 0.05) is 10.7 Å². The molecule has 6 heteroatoms. The minimum Gasteiger partial charge on any atom is -0.304 e. The van der Waals surface area contributed by atoms with Crippen LogP contribution in [0.1, 0.15) is 19.0 Å². The third-order valence-electron chi connectivity index (χ3n) is 2.39. The van der Waals surface area contributed by atoms with E-state index in [0.717, 1.165) is 23.0 Å². The van der Waals surface area contributed by atoms with Gasteiger partial charge in [-0.25, -0.2) is 4.98 Å². The normalized spacial score (nSPS) is 10.6. The van der Waals surface area contributed by atoms with Gasteiger partial charge < -0.3 is 4.98 Å². The zero-order valence-corrected chi connectivity index (χ0v) is 13.4. The van der Waals surface area contributed by atoms with E-state index in [1.54, 1.807) is 6.20 Å². The van der Waals surface area contributed by atoms with Gasteiger partial charge in [0.25, 0.3) is 5.56 Å². The van der Waals surface area contributed by atoms with Crippen molar-refractivity contribution in [3.05, 3.63) is 42.4 Å². The number of aromatic amines is 1. The van der Waals surface area contributed by atoms with Crippen LogP contribution in [0.2, 0.25) is 0 Å². The monoisotopic (exact) mass is 419 g/mol. The minimum atomic E-state index is -0.103. The highest BCUT2D eigenvalue weighted by atomic mass is 127. The Hall–Kier alpha value is -0.760. The van der Waals surface area contributed by atoms with Gasteiger partial charge in [-0.05, 0) is 57.1 Å². The molecule has 18 heavy (non-hydrogen) atoms. The molecule has 0 aliphatic carbocycles. The van der Waals surface area contributed by atoms with Crippen LogP contribution >= 0.6 is 38.5 Å². The third-order valence-corrected chi connectivity index (χ3v) is 3.97. The second kappa shape index (κ2) is 5.92. The molecule has 0 amide bonds. The average Bonchev–Trinajstić information content (AvgIpc) is 2.36. The van der Waals surface area contributed by atoms with Crippen LogP contribution in [0.15, 0.2) is 27.6 Å². The Morgan fingerprint density at radius 3 is 2.83 bits per heavy atom. The fraction of sp³-hybridized carbons (Fsp3) is 0.250. The topological polar surface area (TPSA) is 58.6 Å². The first-order valence-electron chi connectivity index (χ1n) is 5.52. The van der Waals surface area contributed by atoms with Gasteiger partial charge in [0.15, 0.2) is 5.82 Å². The summed E-state index contributed by atoms with van der Waals surface area (Å²) in [6.07, 6.45) is 3.44. The van der Waals surface area contributed by atoms with Crippen LogP contribution in [-0.2, 0) is 6.42 Å². The van der Waals surface area contributed by atoms with E-state index in [2.05, 4.69) is 37.8 Å². The molecule has 2 heterocycles. The van der Waals surface area contributed by atoms with Crippen LogP contribution in [-0.4, -0.2) is 15.0 Å². The summed E-state index contributed by atoms with van der Waals surface area (Å²) in [5, 5.41) is 0. The van der Waals surface area contributed by atoms with Gasteiger partial charge in [-0.3, -0.25) is 9.78 Å². The van der Waals surface area contributed by atoms with Crippen molar-refractivity contribution in [3.63, 3.8) is 0 Å². The van der Waals surface area contributed by atoms with Crippen molar-refractivity contribution in [1.29, 1.82) is 0 Å². The molecule has 0 aliphatic heterocycles. The van der Waals surface area contributed by atoms with Gasteiger partial charge >= 0.3 is 0 Å². The van der Waals surface area contributed by atoms with Gasteiger partial charge in [0.05, 0.1) is 9.26 Å². The van der Waals surface area contributed by atoms with Crippen molar-refractivity contribution in [3.8, 4) is 11.5 Å². The van der Waals surface area contributed by atoms with Gasteiger partial charge in [-0.15, -0.1) is 0 Å². The molecule has 4 nitrogen and oxygen atoms in total. The van der Waals surface area contributed by atoms with Crippen LogP contribution in [0, 0.1) is 3.57 Å². The largest absolute Gasteiger partial charge is 0.304 e. The highest BCUT2D eigenvalue weighted by Crippen LogP contribution is 2.16. The number of nitrogens with zero attached hydrogens (tertiary/aromatic N) is 2. The molecule has 0 spiro atoms. The fourth-order valence-corrected chi connectivity index (χ4v) is 2.30. The summed E-state index contributed by atoms with van der Waals surface area (Å²) in [6, 6.07) is 3.70. The van der Waals surface area contributed by atoms with Crippen molar-refractivity contribution in [2.75, 3.05) is 0 Å². The number of nitrogens with one attached hydrogen (secondary N) is 1. The van der Waals surface area contributed by atoms with E-state index >= 15 is 0 Å². The number of aryl methyl sites for hydroxylation is 1. The summed E-state index contributed by atoms with van der Waals surface area (Å²) in [5.74, 6) is 0.524. The molecule has 0 saturated heterocycles. The third kappa shape index (κ3) is 2.97. The molecule has 94 valence electrons. The first-order chi connectivity index (χ1) is 8.61. The van der Waals surface area contributed by atoms with E-state index in [1.165, 1.54) is 0 Å². The Kier molecular flexibility index (Phi) is 4.50. The molecule has 1 N–H and O–H groups in total. The Bertz CT molecular complexity index is 610. The van der Waals surface area contributed by atoms with Crippen LogP contribution in [0.4, 0.5) is 0 Å². The molecular formula is C12H11BrIN3O. The molecule has 2 aromatic heterocycles. The summed E-state index contributed by atoms with van der Waals surface area (Å²) in [4.78, 5) is 23.3. The molecule has 0 bridgehead atoms. The Morgan fingerprint density at radius 1 is 1.44 bits per heavy atom. The van der Waals surface area contributed by atoms with Gasteiger partial charge in [0.1, 0.15) is 5.69 Å². The van der Waals surface area contributed by atoms with Crippen LogP contribution in [0.25, 0.3) is 11.5 Å². The van der Waals surface area contributed by atoms with E-state index in [9.17, 15) is 4.79 Å². The van der Waals surface area contributed by atoms with Crippen LogP contribution in [0.5, 0.6) is 0 Å². The molecule has 0 unspecified atom stereocenters. The second-order valence-corrected chi connectivity index (χ2v) is 5.78. The molecular weight excluding hydrogens is 409 g/mol. The maximum Gasteiger partial charge on any atom is 0.264 e. The highest BCUT2D eigenvalue weighted by Gasteiger charge is 2.10. The molecule has 0 fully saturated rings. The Labute approximate surface area is 127 Å². The van der Waals surface area contributed by atoms with Gasteiger partial charge in [-0.1, -0.05) is 13.3 Å². The number of rotatable bonds is 3. The molecule has 0 radical (unpaired) electrons. The average molecular weight is 420 g/mol. The fourth-order valence-electron chi connectivity index (χ4n) is 1.55. The summed E-state index contributed by atoms with van der Waals surface area (Å²) >= 11 is 5.36. The summed E-state index contributed by atoms with van der Waals surface area (Å²) in [7, 11) is 0. The smallest absolute Gasteiger partial charge is 0.264 e. The number of hydrogen-bond donors (Lipinski definition) is 1. The van der Waals surface area contributed by atoms with E-state index in [1.807, 2.05) is 34.7 Å². The first-order valence-corrected chi connectivity index (χ1v) is 7.39. The quantitative estimate of drug-likeness (QED) is 0.777. The number of halogens is 2. The second-order valence-electron chi connectivity index (χ2n) is 3.79. The maximum atomic E-state index is 11.8. The van der Waals surface area contributed by atoms with Crippen molar-refractivity contribution >= 4 is 38.5 Å².